The highest BCUT2D eigenvalue weighted by Gasteiger charge is 2.23. The number of hydrogen-bond acceptors (Lipinski definition) is 5. The largest absolute Gasteiger partial charge is 0.449 e. The molecule has 0 unspecified atom stereocenters. The standard InChI is InChI=1S/C18H17N3O3S/c1-10-15(12-6-4-3-5-7-12)16(17(19)23)18(25-10)21-14(22)8-13-9-24-11(2)20-13/h3-7,9H,8H2,1-2H3,(H2,19,23)(H,21,22). The van der Waals surface area contributed by atoms with E-state index in [9.17, 15) is 9.59 Å². The Morgan fingerprint density at radius 1 is 1.24 bits per heavy atom. The summed E-state index contributed by atoms with van der Waals surface area (Å²) < 4.78 is 5.10. The van der Waals surface area contributed by atoms with Crippen LogP contribution in [0.25, 0.3) is 11.1 Å². The minimum Gasteiger partial charge on any atom is -0.449 e. The van der Waals surface area contributed by atoms with E-state index in [0.717, 1.165) is 16.0 Å². The fourth-order valence-corrected chi connectivity index (χ4v) is 3.74. The van der Waals surface area contributed by atoms with Crippen LogP contribution in [-0.4, -0.2) is 16.8 Å². The second-order valence-corrected chi connectivity index (χ2v) is 6.78. The monoisotopic (exact) mass is 355 g/mol. The number of rotatable bonds is 5. The molecule has 25 heavy (non-hydrogen) atoms. The van der Waals surface area contributed by atoms with Crippen LogP contribution in [0.2, 0.25) is 0 Å². The summed E-state index contributed by atoms with van der Waals surface area (Å²) in [6.07, 6.45) is 1.51. The van der Waals surface area contributed by atoms with Crippen molar-refractivity contribution < 1.29 is 14.0 Å². The Kier molecular flexibility index (Phi) is 4.67. The molecule has 0 bridgehead atoms. The normalized spacial score (nSPS) is 10.6. The summed E-state index contributed by atoms with van der Waals surface area (Å²) in [6.45, 7) is 3.61. The van der Waals surface area contributed by atoms with E-state index in [1.54, 1.807) is 6.92 Å². The van der Waals surface area contributed by atoms with Crippen LogP contribution in [0.15, 0.2) is 41.0 Å². The minimum absolute atomic E-state index is 0.0627. The first kappa shape index (κ1) is 16.9. The van der Waals surface area contributed by atoms with Crippen molar-refractivity contribution in [3.05, 3.63) is 58.6 Å². The molecule has 3 aromatic rings. The first-order valence-corrected chi connectivity index (χ1v) is 8.47. The summed E-state index contributed by atoms with van der Waals surface area (Å²) in [5.41, 5.74) is 8.10. The van der Waals surface area contributed by atoms with Gasteiger partial charge < -0.3 is 15.5 Å². The Morgan fingerprint density at radius 3 is 2.56 bits per heavy atom. The lowest BCUT2D eigenvalue weighted by molar-refractivity contribution is -0.115. The number of carbonyl (C=O) groups excluding carboxylic acids is 2. The van der Waals surface area contributed by atoms with Gasteiger partial charge in [-0.25, -0.2) is 4.98 Å². The van der Waals surface area contributed by atoms with Gasteiger partial charge in [0, 0.05) is 17.4 Å². The number of hydrogen-bond donors (Lipinski definition) is 2. The number of nitrogens with one attached hydrogen (secondary N) is 1. The molecule has 0 aliphatic heterocycles. The SMILES string of the molecule is Cc1nc(CC(=O)Nc2sc(C)c(-c3ccccc3)c2C(N)=O)co1. The van der Waals surface area contributed by atoms with E-state index in [-0.39, 0.29) is 12.3 Å². The third-order valence-electron chi connectivity index (χ3n) is 3.65. The average Bonchev–Trinajstić information content (AvgIpc) is 3.11. The summed E-state index contributed by atoms with van der Waals surface area (Å²) in [6, 6.07) is 9.50. The molecule has 2 heterocycles. The zero-order valence-electron chi connectivity index (χ0n) is 13.8. The highest BCUT2D eigenvalue weighted by atomic mass is 32.1. The van der Waals surface area contributed by atoms with Gasteiger partial charge in [-0.2, -0.15) is 0 Å². The topological polar surface area (TPSA) is 98.2 Å². The predicted octanol–water partition coefficient (Wildman–Crippen LogP) is 3.30. The molecule has 0 spiro atoms. The maximum atomic E-state index is 12.3. The number of anilines is 1. The van der Waals surface area contributed by atoms with E-state index in [2.05, 4.69) is 10.3 Å². The number of amides is 2. The summed E-state index contributed by atoms with van der Waals surface area (Å²) in [7, 11) is 0. The lowest BCUT2D eigenvalue weighted by Gasteiger charge is -2.06. The first-order valence-electron chi connectivity index (χ1n) is 7.65. The quantitative estimate of drug-likeness (QED) is 0.733. The lowest BCUT2D eigenvalue weighted by Crippen LogP contribution is -2.18. The van der Waals surface area contributed by atoms with Crippen LogP contribution in [0.5, 0.6) is 0 Å². The number of oxazole rings is 1. The van der Waals surface area contributed by atoms with Gasteiger partial charge in [-0.3, -0.25) is 9.59 Å². The maximum Gasteiger partial charge on any atom is 0.252 e. The summed E-state index contributed by atoms with van der Waals surface area (Å²) in [5, 5.41) is 3.23. The van der Waals surface area contributed by atoms with Gasteiger partial charge in [0.05, 0.1) is 17.7 Å². The third kappa shape index (κ3) is 3.61. The number of carbonyl (C=O) groups is 2. The van der Waals surface area contributed by atoms with E-state index >= 15 is 0 Å². The highest BCUT2D eigenvalue weighted by molar-refractivity contribution is 7.17. The summed E-state index contributed by atoms with van der Waals surface area (Å²) >= 11 is 1.33. The highest BCUT2D eigenvalue weighted by Crippen LogP contribution is 2.39. The van der Waals surface area contributed by atoms with Crippen LogP contribution in [-0.2, 0) is 11.2 Å². The van der Waals surface area contributed by atoms with Crippen molar-refractivity contribution in [3.8, 4) is 11.1 Å². The molecule has 3 N–H and O–H groups in total. The van der Waals surface area contributed by atoms with Crippen LogP contribution < -0.4 is 11.1 Å². The molecule has 0 radical (unpaired) electrons. The van der Waals surface area contributed by atoms with Crippen LogP contribution in [0.4, 0.5) is 5.00 Å². The van der Waals surface area contributed by atoms with Crippen LogP contribution >= 0.6 is 11.3 Å². The Morgan fingerprint density at radius 2 is 1.96 bits per heavy atom. The first-order chi connectivity index (χ1) is 12.0. The minimum atomic E-state index is -0.573. The van der Waals surface area contributed by atoms with Crippen molar-refractivity contribution in [2.45, 2.75) is 20.3 Å². The molecule has 128 valence electrons. The van der Waals surface area contributed by atoms with E-state index < -0.39 is 5.91 Å². The molecule has 2 aromatic heterocycles. The summed E-state index contributed by atoms with van der Waals surface area (Å²) in [5.74, 6) is -0.355. The van der Waals surface area contributed by atoms with Crippen LogP contribution in [0.1, 0.15) is 26.8 Å². The molecule has 0 atom stereocenters. The third-order valence-corrected chi connectivity index (χ3v) is 4.67. The fraction of sp³-hybridized carbons (Fsp3) is 0.167. The maximum absolute atomic E-state index is 12.3. The van der Waals surface area contributed by atoms with Gasteiger partial charge in [0.1, 0.15) is 11.3 Å². The van der Waals surface area contributed by atoms with E-state index in [1.165, 1.54) is 17.6 Å². The van der Waals surface area contributed by atoms with Gasteiger partial charge in [-0.15, -0.1) is 11.3 Å². The van der Waals surface area contributed by atoms with Crippen molar-refractivity contribution in [1.29, 1.82) is 0 Å². The number of nitrogens with two attached hydrogens (primary N) is 1. The number of aryl methyl sites for hydroxylation is 2. The number of thiophene rings is 1. The molecule has 0 fully saturated rings. The molecule has 3 rings (SSSR count). The molecule has 0 aliphatic rings. The molecular formula is C18H17N3O3S. The van der Waals surface area contributed by atoms with Gasteiger partial charge in [0.2, 0.25) is 5.91 Å². The van der Waals surface area contributed by atoms with Crippen molar-refractivity contribution in [2.75, 3.05) is 5.32 Å². The van der Waals surface area contributed by atoms with Crippen molar-refractivity contribution in [1.82, 2.24) is 4.98 Å². The fourth-order valence-electron chi connectivity index (χ4n) is 2.65. The molecule has 1 aromatic carbocycles. The number of benzene rings is 1. The molecule has 2 amide bonds. The Balaban J connectivity index is 1.91. The van der Waals surface area contributed by atoms with Crippen molar-refractivity contribution in [3.63, 3.8) is 0 Å². The summed E-state index contributed by atoms with van der Waals surface area (Å²) in [4.78, 5) is 29.3. The van der Waals surface area contributed by atoms with Crippen molar-refractivity contribution >= 4 is 28.2 Å². The van der Waals surface area contributed by atoms with Gasteiger partial charge in [0.25, 0.3) is 5.91 Å². The zero-order valence-corrected chi connectivity index (χ0v) is 14.6. The van der Waals surface area contributed by atoms with Crippen LogP contribution in [0.3, 0.4) is 0 Å². The van der Waals surface area contributed by atoms with E-state index in [0.29, 0.717) is 22.1 Å². The Hall–Kier alpha value is -2.93. The van der Waals surface area contributed by atoms with E-state index in [1.807, 2.05) is 37.3 Å². The molecule has 0 aliphatic carbocycles. The molecule has 0 saturated heterocycles. The van der Waals surface area contributed by atoms with Gasteiger partial charge in [0.15, 0.2) is 5.89 Å². The molecule has 7 heteroatoms. The second kappa shape index (κ2) is 6.90. The van der Waals surface area contributed by atoms with Gasteiger partial charge in [-0.05, 0) is 12.5 Å². The Bertz CT molecular complexity index is 928. The molecular weight excluding hydrogens is 338 g/mol. The molecule has 6 nitrogen and oxygen atoms in total. The smallest absolute Gasteiger partial charge is 0.252 e. The molecule has 0 saturated carbocycles. The lowest BCUT2D eigenvalue weighted by atomic mass is 10.0. The number of aromatic nitrogens is 1. The van der Waals surface area contributed by atoms with Gasteiger partial charge >= 0.3 is 0 Å². The van der Waals surface area contributed by atoms with Gasteiger partial charge in [-0.1, -0.05) is 30.3 Å². The van der Waals surface area contributed by atoms with Crippen LogP contribution in [0, 0.1) is 13.8 Å². The van der Waals surface area contributed by atoms with E-state index in [4.69, 9.17) is 10.2 Å². The number of primary amides is 1. The number of nitrogens with zero attached hydrogens (tertiary/aromatic N) is 1. The van der Waals surface area contributed by atoms with Crippen molar-refractivity contribution in [2.24, 2.45) is 5.73 Å². The average molecular weight is 355 g/mol. The second-order valence-electron chi connectivity index (χ2n) is 5.55. The Labute approximate surface area is 148 Å². The predicted molar refractivity (Wildman–Crippen MR) is 96.6 cm³/mol. The zero-order chi connectivity index (χ0) is 18.0.